The molecule has 0 saturated heterocycles. The van der Waals surface area contributed by atoms with Crippen LogP contribution in [-0.4, -0.2) is 28.9 Å². The van der Waals surface area contributed by atoms with Gasteiger partial charge in [0.15, 0.2) is 5.82 Å². The number of aromatic nitrogens is 1. The average molecular weight is 260 g/mol. The minimum atomic E-state index is -1.26. The molecular formula is C11H14F2N2OS. The van der Waals surface area contributed by atoms with E-state index < -0.39 is 17.7 Å². The maximum Gasteiger partial charge on any atom is 0.254 e. The number of halogens is 2. The van der Waals surface area contributed by atoms with Crippen molar-refractivity contribution in [2.24, 2.45) is 0 Å². The monoisotopic (exact) mass is 260 g/mol. The van der Waals surface area contributed by atoms with Gasteiger partial charge in [0.2, 0.25) is 5.95 Å². The molecule has 0 spiro atoms. The summed E-state index contributed by atoms with van der Waals surface area (Å²) in [5.41, 5.74) is -0.312. The van der Waals surface area contributed by atoms with Crippen LogP contribution in [0.5, 0.6) is 0 Å². The molecule has 1 heterocycles. The lowest BCUT2D eigenvalue weighted by Crippen LogP contribution is -2.33. The topological polar surface area (TPSA) is 42.0 Å². The Morgan fingerprint density at radius 2 is 2.29 bits per heavy atom. The lowest BCUT2D eigenvalue weighted by molar-refractivity contribution is 0.0934. The first-order valence-corrected chi connectivity index (χ1v) is 6.55. The van der Waals surface area contributed by atoms with Gasteiger partial charge in [-0.15, -0.1) is 0 Å². The maximum absolute atomic E-state index is 13.3. The Balaban J connectivity index is 2.67. The molecule has 0 bridgehead atoms. The van der Waals surface area contributed by atoms with Crippen LogP contribution in [0.4, 0.5) is 8.78 Å². The molecule has 1 atom stereocenters. The molecule has 1 N–H and O–H groups in total. The molecule has 0 aliphatic heterocycles. The van der Waals surface area contributed by atoms with Crippen LogP contribution in [0.3, 0.4) is 0 Å². The van der Waals surface area contributed by atoms with Gasteiger partial charge in [-0.2, -0.15) is 16.2 Å². The normalized spacial score (nSPS) is 12.2. The highest BCUT2D eigenvalue weighted by atomic mass is 32.2. The number of nitrogens with zero attached hydrogens (tertiary/aromatic N) is 1. The summed E-state index contributed by atoms with van der Waals surface area (Å²) in [5.74, 6) is -2.18. The minimum Gasteiger partial charge on any atom is -0.349 e. The van der Waals surface area contributed by atoms with Gasteiger partial charge in [-0.05, 0) is 31.4 Å². The summed E-state index contributed by atoms with van der Waals surface area (Å²) in [6, 6.07) is 1.08. The quantitative estimate of drug-likeness (QED) is 0.825. The van der Waals surface area contributed by atoms with Crippen molar-refractivity contribution in [3.8, 4) is 0 Å². The molecular weight excluding hydrogens is 246 g/mol. The van der Waals surface area contributed by atoms with Crippen molar-refractivity contribution < 1.29 is 13.6 Å². The molecule has 94 valence electrons. The van der Waals surface area contributed by atoms with Crippen LogP contribution < -0.4 is 5.32 Å². The Labute approximate surface area is 103 Å². The first-order chi connectivity index (χ1) is 8.06. The third-order valence-electron chi connectivity index (χ3n) is 2.22. The molecule has 1 aromatic heterocycles. The highest BCUT2D eigenvalue weighted by molar-refractivity contribution is 7.98. The average Bonchev–Trinajstić information content (AvgIpc) is 2.29. The Morgan fingerprint density at radius 3 is 2.94 bits per heavy atom. The van der Waals surface area contributed by atoms with E-state index in [0.717, 1.165) is 24.4 Å². The Morgan fingerprint density at radius 1 is 1.59 bits per heavy atom. The van der Waals surface area contributed by atoms with Gasteiger partial charge in [0, 0.05) is 12.2 Å². The third-order valence-corrected chi connectivity index (χ3v) is 2.87. The van der Waals surface area contributed by atoms with Crippen LogP contribution in [0.15, 0.2) is 12.3 Å². The van der Waals surface area contributed by atoms with Crippen molar-refractivity contribution in [1.82, 2.24) is 10.3 Å². The zero-order valence-corrected chi connectivity index (χ0v) is 10.5. The molecule has 3 nitrogen and oxygen atoms in total. The molecule has 0 aliphatic carbocycles. The summed E-state index contributed by atoms with van der Waals surface area (Å²) < 4.78 is 26.1. The number of amides is 1. The summed E-state index contributed by atoms with van der Waals surface area (Å²) in [5, 5.41) is 2.61. The number of carbonyl (C=O) groups excluding carboxylic acids is 1. The summed E-state index contributed by atoms with van der Waals surface area (Å²) in [6.07, 6.45) is 3.81. The predicted octanol–water partition coefficient (Wildman–Crippen LogP) is 2.23. The fraction of sp³-hybridized carbons (Fsp3) is 0.455. The second-order valence-corrected chi connectivity index (χ2v) is 4.60. The van der Waals surface area contributed by atoms with Gasteiger partial charge in [-0.1, -0.05) is 0 Å². The number of hydrogen-bond acceptors (Lipinski definition) is 3. The van der Waals surface area contributed by atoms with Crippen LogP contribution >= 0.6 is 11.8 Å². The van der Waals surface area contributed by atoms with Crippen molar-refractivity contribution in [1.29, 1.82) is 0 Å². The molecule has 17 heavy (non-hydrogen) atoms. The van der Waals surface area contributed by atoms with E-state index in [1.54, 1.807) is 11.8 Å². The smallest absolute Gasteiger partial charge is 0.254 e. The van der Waals surface area contributed by atoms with Gasteiger partial charge >= 0.3 is 0 Å². The minimum absolute atomic E-state index is 0.0782. The van der Waals surface area contributed by atoms with E-state index in [9.17, 15) is 13.6 Å². The third kappa shape index (κ3) is 3.96. The molecule has 1 rings (SSSR count). The number of rotatable bonds is 5. The molecule has 0 saturated carbocycles. The summed E-state index contributed by atoms with van der Waals surface area (Å²) in [4.78, 5) is 14.8. The van der Waals surface area contributed by atoms with Crippen molar-refractivity contribution in [3.05, 3.63) is 29.6 Å². The first-order valence-electron chi connectivity index (χ1n) is 5.16. The molecule has 6 heteroatoms. The summed E-state index contributed by atoms with van der Waals surface area (Å²) in [6.45, 7) is 1.82. The van der Waals surface area contributed by atoms with E-state index in [2.05, 4.69) is 10.3 Å². The van der Waals surface area contributed by atoms with Gasteiger partial charge < -0.3 is 5.32 Å². The number of carbonyl (C=O) groups is 1. The van der Waals surface area contributed by atoms with E-state index in [1.807, 2.05) is 13.2 Å². The molecule has 1 amide bonds. The van der Waals surface area contributed by atoms with Gasteiger partial charge in [-0.3, -0.25) is 4.79 Å². The van der Waals surface area contributed by atoms with E-state index in [0.29, 0.717) is 0 Å². The SMILES string of the molecule is CSCCC(C)NC(=O)c1ccnc(F)c1F. The van der Waals surface area contributed by atoms with Crippen LogP contribution in [-0.2, 0) is 0 Å². The van der Waals surface area contributed by atoms with E-state index in [4.69, 9.17) is 0 Å². The molecule has 0 radical (unpaired) electrons. The van der Waals surface area contributed by atoms with Crippen molar-refractivity contribution in [3.63, 3.8) is 0 Å². The summed E-state index contributed by atoms with van der Waals surface area (Å²) in [7, 11) is 0. The van der Waals surface area contributed by atoms with Gasteiger partial charge in [0.1, 0.15) is 0 Å². The lowest BCUT2D eigenvalue weighted by Gasteiger charge is -2.13. The number of thioether (sulfide) groups is 1. The molecule has 0 fully saturated rings. The fourth-order valence-corrected chi connectivity index (χ4v) is 1.85. The molecule has 1 aromatic rings. The predicted molar refractivity (Wildman–Crippen MR) is 64.1 cm³/mol. The van der Waals surface area contributed by atoms with Crippen LogP contribution in [0.25, 0.3) is 0 Å². The highest BCUT2D eigenvalue weighted by Gasteiger charge is 2.17. The molecule has 1 unspecified atom stereocenters. The van der Waals surface area contributed by atoms with Gasteiger partial charge in [0.05, 0.1) is 5.56 Å². The van der Waals surface area contributed by atoms with Crippen LogP contribution in [0, 0.1) is 11.8 Å². The van der Waals surface area contributed by atoms with Crippen molar-refractivity contribution in [2.75, 3.05) is 12.0 Å². The fourth-order valence-electron chi connectivity index (χ4n) is 1.26. The lowest BCUT2D eigenvalue weighted by atomic mass is 10.2. The van der Waals surface area contributed by atoms with E-state index in [-0.39, 0.29) is 11.6 Å². The summed E-state index contributed by atoms with van der Waals surface area (Å²) >= 11 is 1.66. The van der Waals surface area contributed by atoms with Crippen molar-refractivity contribution in [2.45, 2.75) is 19.4 Å². The molecule has 0 aliphatic rings. The Kier molecular flexibility index (Phi) is 5.34. The largest absolute Gasteiger partial charge is 0.349 e. The van der Waals surface area contributed by atoms with Gasteiger partial charge in [0.25, 0.3) is 5.91 Å². The second-order valence-electron chi connectivity index (χ2n) is 3.62. The zero-order valence-electron chi connectivity index (χ0n) is 9.67. The van der Waals surface area contributed by atoms with Crippen LogP contribution in [0.2, 0.25) is 0 Å². The number of pyridine rings is 1. The van der Waals surface area contributed by atoms with E-state index in [1.165, 1.54) is 0 Å². The number of hydrogen-bond donors (Lipinski definition) is 1. The van der Waals surface area contributed by atoms with Gasteiger partial charge in [-0.25, -0.2) is 9.37 Å². The number of nitrogens with one attached hydrogen (secondary N) is 1. The Hall–Kier alpha value is -1.17. The second kappa shape index (κ2) is 6.54. The maximum atomic E-state index is 13.3. The van der Waals surface area contributed by atoms with E-state index >= 15 is 0 Å². The zero-order chi connectivity index (χ0) is 12.8. The first kappa shape index (κ1) is 13.9. The highest BCUT2D eigenvalue weighted by Crippen LogP contribution is 2.09. The Bertz CT molecular complexity index is 401. The van der Waals surface area contributed by atoms with Crippen molar-refractivity contribution >= 4 is 17.7 Å². The van der Waals surface area contributed by atoms with Crippen LogP contribution in [0.1, 0.15) is 23.7 Å². The standard InChI is InChI=1S/C11H14F2N2OS/c1-7(4-6-17-2)15-11(16)8-3-5-14-10(13)9(8)12/h3,5,7H,4,6H2,1-2H3,(H,15,16). The molecule has 0 aromatic carbocycles.